The highest BCUT2D eigenvalue weighted by Gasteiger charge is 2.61. The zero-order valence-corrected chi connectivity index (χ0v) is 24.3. The number of aliphatic carboxylic acids is 1. The number of carboxylic acids is 1. The Morgan fingerprint density at radius 2 is 2.02 bits per heavy atom. The molecule has 2 aliphatic heterocycles. The number of nitrogens with zero attached hydrogens (tertiary/aromatic N) is 3. The van der Waals surface area contributed by atoms with Crippen LogP contribution in [0, 0.1) is 5.92 Å². The van der Waals surface area contributed by atoms with Crippen molar-refractivity contribution < 1.29 is 29.0 Å². The number of carbonyl (C=O) groups excluding carboxylic acids is 2. The van der Waals surface area contributed by atoms with E-state index < -0.39 is 29.6 Å². The van der Waals surface area contributed by atoms with Gasteiger partial charge in [0.2, 0.25) is 11.8 Å². The summed E-state index contributed by atoms with van der Waals surface area (Å²) in [6.07, 6.45) is 8.92. The lowest BCUT2D eigenvalue weighted by molar-refractivity contribution is -0.145. The van der Waals surface area contributed by atoms with E-state index in [2.05, 4.69) is 10.3 Å². The van der Waals surface area contributed by atoms with E-state index in [1.54, 1.807) is 17.5 Å². The molecular formula is C31H34N4O6S. The van der Waals surface area contributed by atoms with Gasteiger partial charge in [0.05, 0.1) is 36.1 Å². The van der Waals surface area contributed by atoms with Crippen molar-refractivity contribution in [1.29, 1.82) is 0 Å². The minimum atomic E-state index is -1.33. The molecule has 6 rings (SSSR count). The van der Waals surface area contributed by atoms with E-state index in [4.69, 9.17) is 14.5 Å². The van der Waals surface area contributed by atoms with Gasteiger partial charge in [-0.1, -0.05) is 25.0 Å². The maximum Gasteiger partial charge on any atom is 0.330 e. The molecule has 4 heterocycles. The summed E-state index contributed by atoms with van der Waals surface area (Å²) in [5.74, 6) is -0.641. The Kier molecular flexibility index (Phi) is 7.85. The van der Waals surface area contributed by atoms with E-state index >= 15 is 0 Å². The summed E-state index contributed by atoms with van der Waals surface area (Å²) in [5.41, 5.74) is 2.45. The van der Waals surface area contributed by atoms with Gasteiger partial charge in [0.15, 0.2) is 0 Å². The fourth-order valence-corrected chi connectivity index (χ4v) is 6.57. The van der Waals surface area contributed by atoms with Crippen molar-refractivity contribution in [3.8, 4) is 22.9 Å². The highest BCUT2D eigenvalue weighted by molar-refractivity contribution is 7.07. The highest BCUT2D eigenvalue weighted by Crippen LogP contribution is 2.45. The predicted molar refractivity (Wildman–Crippen MR) is 157 cm³/mol. The van der Waals surface area contributed by atoms with Gasteiger partial charge in [-0.15, -0.1) is 11.3 Å². The van der Waals surface area contributed by atoms with Crippen LogP contribution in [0.2, 0.25) is 0 Å². The van der Waals surface area contributed by atoms with Crippen LogP contribution in [0.4, 0.5) is 0 Å². The third-order valence-electron chi connectivity index (χ3n) is 8.48. The molecule has 1 aliphatic carbocycles. The first-order valence-electron chi connectivity index (χ1n) is 14.4. The van der Waals surface area contributed by atoms with Crippen molar-refractivity contribution in [3.63, 3.8) is 0 Å². The van der Waals surface area contributed by atoms with E-state index in [0.29, 0.717) is 35.6 Å². The van der Waals surface area contributed by atoms with Gasteiger partial charge in [0.25, 0.3) is 0 Å². The number of fused-ring (bicyclic) bond motifs is 3. The maximum absolute atomic E-state index is 13.6. The molecule has 2 amide bonds. The molecule has 0 unspecified atom stereocenters. The topological polar surface area (TPSA) is 131 Å². The first-order chi connectivity index (χ1) is 20.4. The fraction of sp³-hybridized carbons (Fsp3) is 0.452. The molecule has 3 aromatic rings. The van der Waals surface area contributed by atoms with Crippen molar-refractivity contribution in [3.05, 3.63) is 47.3 Å². The summed E-state index contributed by atoms with van der Waals surface area (Å²) in [4.78, 5) is 50.0. The molecule has 42 heavy (non-hydrogen) atoms. The number of thiazole rings is 1. The molecule has 0 spiro atoms. The fourth-order valence-electron chi connectivity index (χ4n) is 6.02. The maximum atomic E-state index is 13.6. The molecule has 1 aromatic carbocycles. The predicted octanol–water partition coefficient (Wildman–Crippen LogP) is 4.59. The number of hydrogen-bond donors (Lipinski definition) is 2. The lowest BCUT2D eigenvalue weighted by Gasteiger charge is -2.25. The minimum Gasteiger partial charge on any atom is -0.497 e. The number of carbonyl (C=O) groups is 3. The van der Waals surface area contributed by atoms with Crippen molar-refractivity contribution in [2.24, 2.45) is 5.92 Å². The molecule has 2 fully saturated rings. The van der Waals surface area contributed by atoms with Crippen molar-refractivity contribution >= 4 is 40.0 Å². The first kappa shape index (κ1) is 28.1. The normalized spacial score (nSPS) is 26.5. The molecule has 10 nitrogen and oxygen atoms in total. The van der Waals surface area contributed by atoms with Gasteiger partial charge < -0.3 is 24.8 Å². The average Bonchev–Trinajstić information content (AvgIpc) is 3.31. The van der Waals surface area contributed by atoms with Crippen molar-refractivity contribution in [1.82, 2.24) is 20.2 Å². The molecule has 1 saturated heterocycles. The molecule has 0 bridgehead atoms. The van der Waals surface area contributed by atoms with E-state index in [1.807, 2.05) is 41.8 Å². The molecule has 11 heteroatoms. The summed E-state index contributed by atoms with van der Waals surface area (Å²) in [7, 11) is 1.60. The summed E-state index contributed by atoms with van der Waals surface area (Å²) in [6, 6.07) is 6.56. The SMILES string of the molecule is COc1ccc2c(O[C@@H]3C[C@H]4C(=O)N[C@]5(C(=O)O)C[C@H]5C=CCCCCCCC(=O)N4C3)cc(-c3cscn3)nc2c1. The van der Waals surface area contributed by atoms with E-state index in [9.17, 15) is 19.5 Å². The van der Waals surface area contributed by atoms with Crippen LogP contribution in [0.1, 0.15) is 51.4 Å². The Bertz CT molecular complexity index is 1530. The molecule has 220 valence electrons. The van der Waals surface area contributed by atoms with Gasteiger partial charge in [-0.05, 0) is 37.8 Å². The summed E-state index contributed by atoms with van der Waals surface area (Å²) in [5, 5.41) is 15.5. The van der Waals surface area contributed by atoms with Crippen LogP contribution in [0.5, 0.6) is 11.5 Å². The second-order valence-electron chi connectivity index (χ2n) is 11.3. The second kappa shape index (κ2) is 11.7. The van der Waals surface area contributed by atoms with Crippen LogP contribution in [-0.4, -0.2) is 69.1 Å². The number of ether oxygens (including phenoxy) is 2. The second-order valence-corrected chi connectivity index (χ2v) is 12.0. The lowest BCUT2D eigenvalue weighted by Crippen LogP contribution is -2.53. The Morgan fingerprint density at radius 3 is 2.81 bits per heavy atom. The number of hydrogen-bond acceptors (Lipinski definition) is 8. The van der Waals surface area contributed by atoms with E-state index in [-0.39, 0.29) is 24.8 Å². The van der Waals surface area contributed by atoms with Gasteiger partial charge in [-0.3, -0.25) is 9.59 Å². The number of nitrogens with one attached hydrogen (secondary N) is 1. The minimum absolute atomic E-state index is 0.113. The zero-order valence-electron chi connectivity index (χ0n) is 23.5. The smallest absolute Gasteiger partial charge is 0.330 e. The molecule has 1 saturated carbocycles. The molecule has 3 aliphatic rings. The summed E-state index contributed by atoms with van der Waals surface area (Å²) in [6.45, 7) is 0.229. The van der Waals surface area contributed by atoms with Gasteiger partial charge in [-0.2, -0.15) is 0 Å². The van der Waals surface area contributed by atoms with Gasteiger partial charge in [0.1, 0.15) is 29.2 Å². The first-order valence-corrected chi connectivity index (χ1v) is 15.4. The Morgan fingerprint density at radius 1 is 1.17 bits per heavy atom. The number of methoxy groups -OCH3 is 1. The number of carboxylic acid groups (broad SMARTS) is 1. The number of aromatic nitrogens is 2. The molecule has 2 N–H and O–H groups in total. The van der Waals surface area contributed by atoms with Gasteiger partial charge in [0, 0.05) is 41.7 Å². The number of rotatable bonds is 5. The quantitative estimate of drug-likeness (QED) is 0.413. The monoisotopic (exact) mass is 590 g/mol. The Labute approximate surface area is 247 Å². The molecule has 2 aromatic heterocycles. The molecule has 0 radical (unpaired) electrons. The van der Waals surface area contributed by atoms with Crippen LogP contribution in [0.15, 0.2) is 47.3 Å². The number of pyridine rings is 1. The lowest BCUT2D eigenvalue weighted by atomic mass is 10.1. The van der Waals surface area contributed by atoms with Crippen LogP contribution in [-0.2, 0) is 14.4 Å². The largest absolute Gasteiger partial charge is 0.497 e. The summed E-state index contributed by atoms with van der Waals surface area (Å²) >= 11 is 1.47. The standard InChI is InChI=1S/C31H34N4O6S/c1-40-20-10-11-22-23(12-20)33-24(25-17-42-18-32-25)14-27(22)41-21-13-26-29(37)34-31(30(38)39)15-19(31)8-6-4-2-3-5-7-9-28(36)35(26)16-21/h6,8,10-12,14,17-19,21,26H,2-5,7,9,13,15-16H2,1H3,(H,34,37)(H,38,39)/t19-,21-,26+,31-/m1/s1. The number of benzene rings is 1. The summed E-state index contributed by atoms with van der Waals surface area (Å²) < 4.78 is 11.9. The zero-order chi connectivity index (χ0) is 29.3. The molecular weight excluding hydrogens is 556 g/mol. The third kappa shape index (κ3) is 5.57. The van der Waals surface area contributed by atoms with Crippen LogP contribution < -0.4 is 14.8 Å². The van der Waals surface area contributed by atoms with Crippen molar-refractivity contribution in [2.75, 3.05) is 13.7 Å². The average molecular weight is 591 g/mol. The van der Waals surface area contributed by atoms with Gasteiger partial charge >= 0.3 is 5.97 Å². The van der Waals surface area contributed by atoms with Crippen LogP contribution in [0.3, 0.4) is 0 Å². The Hall–Kier alpha value is -3.99. The Balaban J connectivity index is 1.29. The third-order valence-corrected chi connectivity index (χ3v) is 9.06. The number of allylic oxidation sites excluding steroid dienone is 1. The highest BCUT2D eigenvalue weighted by atomic mass is 32.1. The van der Waals surface area contributed by atoms with Crippen molar-refractivity contribution in [2.45, 2.75) is 69.1 Å². The van der Waals surface area contributed by atoms with E-state index in [1.165, 1.54) is 11.3 Å². The van der Waals surface area contributed by atoms with Gasteiger partial charge in [-0.25, -0.2) is 14.8 Å². The van der Waals surface area contributed by atoms with Crippen LogP contribution in [0.25, 0.3) is 22.3 Å². The van der Waals surface area contributed by atoms with E-state index in [0.717, 1.165) is 43.2 Å². The number of amides is 2. The van der Waals surface area contributed by atoms with Crippen LogP contribution >= 0.6 is 11.3 Å². The molecule has 4 atom stereocenters.